The zero-order valence-electron chi connectivity index (χ0n) is 11.9. The number of anilines is 1. The van der Waals surface area contributed by atoms with Crippen LogP contribution in [0.2, 0.25) is 5.02 Å². The molecule has 0 saturated carbocycles. The van der Waals surface area contributed by atoms with Crippen LogP contribution in [0.15, 0.2) is 18.2 Å². The number of nitrogens with zero attached hydrogens (tertiary/aromatic N) is 4. The van der Waals surface area contributed by atoms with Gasteiger partial charge < -0.3 is 9.80 Å². The van der Waals surface area contributed by atoms with Gasteiger partial charge in [0.1, 0.15) is 11.6 Å². The highest BCUT2D eigenvalue weighted by atomic mass is 35.5. The molecule has 0 N–H and O–H groups in total. The summed E-state index contributed by atoms with van der Waals surface area (Å²) in [5, 5.41) is 1.02. The zero-order chi connectivity index (χ0) is 15.7. The molecule has 0 atom stereocenters. The fraction of sp³-hybridized carbons (Fsp3) is 0.357. The summed E-state index contributed by atoms with van der Waals surface area (Å²) in [6.45, 7) is 4.39. The number of carbonyl (C=O) groups is 1. The van der Waals surface area contributed by atoms with Crippen molar-refractivity contribution in [2.75, 3.05) is 31.1 Å². The van der Waals surface area contributed by atoms with Gasteiger partial charge in [0.05, 0.1) is 10.6 Å². The molecule has 1 aromatic carbocycles. The van der Waals surface area contributed by atoms with Crippen molar-refractivity contribution in [3.8, 4) is 0 Å². The Kier molecular flexibility index (Phi) is 4.26. The van der Waals surface area contributed by atoms with Crippen molar-refractivity contribution in [2.24, 2.45) is 0 Å². The molecule has 0 spiro atoms. The van der Waals surface area contributed by atoms with Crippen LogP contribution in [0.4, 0.5) is 9.52 Å². The van der Waals surface area contributed by atoms with E-state index in [1.54, 1.807) is 4.90 Å². The molecule has 8 heteroatoms. The molecule has 5 nitrogen and oxygen atoms in total. The fourth-order valence-electron chi connectivity index (χ4n) is 2.35. The molecule has 1 saturated heterocycles. The van der Waals surface area contributed by atoms with Gasteiger partial charge in [-0.3, -0.25) is 4.79 Å². The summed E-state index contributed by atoms with van der Waals surface area (Å²) < 4.78 is 17.2. The maximum atomic E-state index is 13.1. The van der Waals surface area contributed by atoms with Crippen molar-refractivity contribution in [1.29, 1.82) is 0 Å². The van der Waals surface area contributed by atoms with Gasteiger partial charge in [0.2, 0.25) is 5.13 Å². The summed E-state index contributed by atoms with van der Waals surface area (Å²) in [6.07, 6.45) is 0. The van der Waals surface area contributed by atoms with Crippen LogP contribution in [-0.2, 0) is 0 Å². The predicted octanol–water partition coefficient (Wildman–Crippen LogP) is 2.60. The molecule has 22 heavy (non-hydrogen) atoms. The normalized spacial score (nSPS) is 15.2. The Balaban J connectivity index is 1.67. The van der Waals surface area contributed by atoms with Gasteiger partial charge in [0, 0.05) is 37.7 Å². The van der Waals surface area contributed by atoms with E-state index in [0.29, 0.717) is 31.7 Å². The van der Waals surface area contributed by atoms with Gasteiger partial charge >= 0.3 is 0 Å². The first-order valence-corrected chi connectivity index (χ1v) is 7.99. The molecular weight excluding hydrogens is 327 g/mol. The molecule has 116 valence electrons. The molecule has 1 fully saturated rings. The van der Waals surface area contributed by atoms with Crippen LogP contribution in [-0.4, -0.2) is 46.3 Å². The van der Waals surface area contributed by atoms with Gasteiger partial charge in [-0.25, -0.2) is 9.37 Å². The van der Waals surface area contributed by atoms with Gasteiger partial charge in [0.15, 0.2) is 0 Å². The summed E-state index contributed by atoms with van der Waals surface area (Å²) >= 11 is 7.32. The molecule has 1 aliphatic heterocycles. The number of hydrogen-bond acceptors (Lipinski definition) is 5. The molecule has 0 aliphatic carbocycles. The number of rotatable bonds is 2. The first-order chi connectivity index (χ1) is 10.5. The third-order valence-corrected chi connectivity index (χ3v) is 4.70. The van der Waals surface area contributed by atoms with E-state index in [9.17, 15) is 9.18 Å². The first-order valence-electron chi connectivity index (χ1n) is 6.84. The lowest BCUT2D eigenvalue weighted by atomic mass is 10.1. The van der Waals surface area contributed by atoms with E-state index >= 15 is 0 Å². The van der Waals surface area contributed by atoms with Crippen molar-refractivity contribution < 1.29 is 9.18 Å². The van der Waals surface area contributed by atoms with Gasteiger partial charge in [-0.15, -0.1) is 0 Å². The molecule has 0 bridgehead atoms. The molecule has 2 aromatic rings. The van der Waals surface area contributed by atoms with E-state index in [2.05, 4.69) is 14.3 Å². The zero-order valence-corrected chi connectivity index (χ0v) is 13.5. The van der Waals surface area contributed by atoms with Crippen molar-refractivity contribution in [3.05, 3.63) is 40.4 Å². The van der Waals surface area contributed by atoms with Gasteiger partial charge in [0.25, 0.3) is 5.91 Å². The lowest BCUT2D eigenvalue weighted by molar-refractivity contribution is 0.0747. The number of hydrogen-bond donors (Lipinski definition) is 0. The second-order valence-electron chi connectivity index (χ2n) is 5.03. The van der Waals surface area contributed by atoms with E-state index in [1.165, 1.54) is 23.7 Å². The van der Waals surface area contributed by atoms with Gasteiger partial charge in [-0.05, 0) is 25.1 Å². The Morgan fingerprint density at radius 2 is 2.05 bits per heavy atom. The minimum atomic E-state index is -0.446. The number of piperazine rings is 1. The minimum absolute atomic E-state index is 0.146. The van der Waals surface area contributed by atoms with Crippen molar-refractivity contribution in [2.45, 2.75) is 6.92 Å². The molecular formula is C14H14ClFN4OS. The van der Waals surface area contributed by atoms with Crippen molar-refractivity contribution >= 4 is 34.2 Å². The van der Waals surface area contributed by atoms with E-state index < -0.39 is 5.82 Å². The largest absolute Gasteiger partial charge is 0.343 e. The average Bonchev–Trinajstić information content (AvgIpc) is 2.93. The van der Waals surface area contributed by atoms with E-state index in [1.807, 2.05) is 6.92 Å². The number of carbonyl (C=O) groups excluding carboxylic acids is 1. The lowest BCUT2D eigenvalue weighted by Crippen LogP contribution is -2.48. The van der Waals surface area contributed by atoms with Crippen LogP contribution in [0.1, 0.15) is 16.2 Å². The van der Waals surface area contributed by atoms with E-state index in [0.717, 1.165) is 17.0 Å². The van der Waals surface area contributed by atoms with Crippen LogP contribution in [0.5, 0.6) is 0 Å². The SMILES string of the molecule is Cc1nsc(N2CCN(C(=O)c3ccc(F)cc3Cl)CC2)n1. The summed E-state index contributed by atoms with van der Waals surface area (Å²) in [4.78, 5) is 20.6. The second kappa shape index (κ2) is 6.18. The highest BCUT2D eigenvalue weighted by molar-refractivity contribution is 7.09. The van der Waals surface area contributed by atoms with Crippen LogP contribution >= 0.6 is 23.1 Å². The predicted molar refractivity (Wildman–Crippen MR) is 84.2 cm³/mol. The average molecular weight is 341 g/mol. The Hall–Kier alpha value is -1.73. The number of halogens is 2. The summed E-state index contributed by atoms with van der Waals surface area (Å²) in [6, 6.07) is 3.84. The number of aromatic nitrogens is 2. The molecule has 1 aliphatic rings. The summed E-state index contributed by atoms with van der Waals surface area (Å²) in [5.74, 6) is 0.146. The third kappa shape index (κ3) is 3.05. The van der Waals surface area contributed by atoms with Crippen LogP contribution in [0.3, 0.4) is 0 Å². The van der Waals surface area contributed by atoms with Crippen LogP contribution in [0.25, 0.3) is 0 Å². The monoisotopic (exact) mass is 340 g/mol. The topological polar surface area (TPSA) is 49.3 Å². The maximum Gasteiger partial charge on any atom is 0.255 e. The smallest absolute Gasteiger partial charge is 0.255 e. The Morgan fingerprint density at radius 1 is 1.32 bits per heavy atom. The summed E-state index contributed by atoms with van der Waals surface area (Å²) in [5.41, 5.74) is 0.336. The Labute approximate surface area is 136 Å². The fourth-order valence-corrected chi connectivity index (χ4v) is 3.32. The first kappa shape index (κ1) is 15.2. The number of aryl methyl sites for hydroxylation is 1. The highest BCUT2D eigenvalue weighted by Crippen LogP contribution is 2.22. The van der Waals surface area contributed by atoms with Crippen LogP contribution < -0.4 is 4.90 Å². The number of benzene rings is 1. The highest BCUT2D eigenvalue weighted by Gasteiger charge is 2.25. The number of amides is 1. The van der Waals surface area contributed by atoms with Gasteiger partial charge in [-0.2, -0.15) is 4.37 Å². The Morgan fingerprint density at radius 3 is 2.64 bits per heavy atom. The third-order valence-electron chi connectivity index (χ3n) is 3.52. The Bertz CT molecular complexity index is 700. The molecule has 2 heterocycles. The van der Waals surface area contributed by atoms with Crippen molar-refractivity contribution in [3.63, 3.8) is 0 Å². The molecule has 0 radical (unpaired) electrons. The van der Waals surface area contributed by atoms with Crippen LogP contribution in [0, 0.1) is 12.7 Å². The molecule has 1 aromatic heterocycles. The molecule has 3 rings (SSSR count). The van der Waals surface area contributed by atoms with Crippen molar-refractivity contribution in [1.82, 2.24) is 14.3 Å². The van der Waals surface area contributed by atoms with E-state index in [4.69, 9.17) is 11.6 Å². The lowest BCUT2D eigenvalue weighted by Gasteiger charge is -2.34. The standard InChI is InChI=1S/C14H14ClFN4OS/c1-9-17-14(22-18-9)20-6-4-19(5-7-20)13(21)11-3-2-10(16)8-12(11)15/h2-3,8H,4-7H2,1H3. The second-order valence-corrected chi connectivity index (χ2v) is 6.17. The molecule has 1 amide bonds. The quantitative estimate of drug-likeness (QED) is 0.843. The summed E-state index contributed by atoms with van der Waals surface area (Å²) in [7, 11) is 0. The minimum Gasteiger partial charge on any atom is -0.343 e. The molecule has 0 unspecified atom stereocenters. The van der Waals surface area contributed by atoms with E-state index in [-0.39, 0.29) is 10.9 Å². The van der Waals surface area contributed by atoms with Gasteiger partial charge in [-0.1, -0.05) is 11.6 Å². The maximum absolute atomic E-state index is 13.1.